The van der Waals surface area contributed by atoms with E-state index < -0.39 is 15.8 Å². The van der Waals surface area contributed by atoms with Crippen molar-refractivity contribution >= 4 is 26.8 Å². The van der Waals surface area contributed by atoms with Crippen molar-refractivity contribution in [1.29, 1.82) is 0 Å². The van der Waals surface area contributed by atoms with Crippen molar-refractivity contribution in [2.45, 2.75) is 11.8 Å². The molecule has 4 aromatic rings. The maximum atomic E-state index is 11.8. The molecule has 0 amide bonds. The molecule has 2 N–H and O–H groups in total. The smallest absolute Gasteiger partial charge is 0.337 e. The number of aryl methyl sites for hydroxylation is 1. The van der Waals surface area contributed by atoms with Crippen molar-refractivity contribution in [2.75, 3.05) is 6.26 Å². The maximum Gasteiger partial charge on any atom is 0.337 e. The number of aromatic amines is 1. The van der Waals surface area contributed by atoms with E-state index in [1.54, 1.807) is 31.2 Å². The van der Waals surface area contributed by atoms with Gasteiger partial charge in [0, 0.05) is 6.26 Å². The summed E-state index contributed by atoms with van der Waals surface area (Å²) in [5, 5.41) is 9.54. The summed E-state index contributed by atoms with van der Waals surface area (Å²) < 4.78 is 23.6. The van der Waals surface area contributed by atoms with Crippen LogP contribution >= 0.6 is 0 Å². The largest absolute Gasteiger partial charge is 0.478 e. The summed E-state index contributed by atoms with van der Waals surface area (Å²) in [5.41, 5.74) is 4.53. The minimum atomic E-state index is -3.28. The van der Waals surface area contributed by atoms with Gasteiger partial charge >= 0.3 is 5.97 Å². The summed E-state index contributed by atoms with van der Waals surface area (Å²) in [4.78, 5) is 19.3. The minimum Gasteiger partial charge on any atom is -0.478 e. The number of sulfone groups is 1. The summed E-state index contributed by atoms with van der Waals surface area (Å²) in [6.07, 6.45) is 1.18. The Balaban J connectivity index is 1.76. The monoisotopic (exact) mass is 406 g/mol. The molecule has 4 rings (SSSR count). The molecule has 1 heterocycles. The van der Waals surface area contributed by atoms with Crippen LogP contribution < -0.4 is 0 Å². The fourth-order valence-corrected chi connectivity index (χ4v) is 4.00. The number of nitrogens with one attached hydrogen (secondary N) is 1. The van der Waals surface area contributed by atoms with Gasteiger partial charge in [0.15, 0.2) is 9.84 Å². The van der Waals surface area contributed by atoms with Crippen molar-refractivity contribution in [3.63, 3.8) is 0 Å². The molecule has 3 aromatic carbocycles. The lowest BCUT2D eigenvalue weighted by Gasteiger charge is -2.08. The molecule has 0 saturated carbocycles. The van der Waals surface area contributed by atoms with Crippen LogP contribution in [0.25, 0.3) is 33.3 Å². The summed E-state index contributed by atoms with van der Waals surface area (Å²) in [7, 11) is -3.28. The molecular weight excluding hydrogens is 388 g/mol. The number of nitrogens with zero attached hydrogens (tertiary/aromatic N) is 1. The molecular formula is C22H18N2O4S. The number of carbonyl (C=O) groups is 1. The van der Waals surface area contributed by atoms with E-state index in [1.165, 1.54) is 6.26 Å². The molecule has 0 radical (unpaired) electrons. The zero-order chi connectivity index (χ0) is 20.8. The van der Waals surface area contributed by atoms with Crippen LogP contribution in [-0.2, 0) is 9.84 Å². The highest BCUT2D eigenvalue weighted by molar-refractivity contribution is 7.90. The third kappa shape index (κ3) is 3.64. The van der Waals surface area contributed by atoms with Gasteiger partial charge in [-0.2, -0.15) is 0 Å². The fraction of sp³-hybridized carbons (Fsp3) is 0.0909. The molecule has 0 fully saturated rings. The highest BCUT2D eigenvalue weighted by Gasteiger charge is 2.15. The number of hydrogen-bond donors (Lipinski definition) is 2. The normalized spacial score (nSPS) is 11.7. The highest BCUT2D eigenvalue weighted by Crippen LogP contribution is 2.29. The Hall–Kier alpha value is -3.45. The van der Waals surface area contributed by atoms with E-state index in [9.17, 15) is 18.3 Å². The summed E-state index contributed by atoms with van der Waals surface area (Å²) in [6.45, 7) is 1.78. The van der Waals surface area contributed by atoms with E-state index in [4.69, 9.17) is 0 Å². The predicted octanol–water partition coefficient (Wildman–Crippen LogP) is 4.31. The van der Waals surface area contributed by atoms with Gasteiger partial charge in [-0.3, -0.25) is 0 Å². The van der Waals surface area contributed by atoms with Crippen molar-refractivity contribution in [3.8, 4) is 22.3 Å². The first-order valence-electron chi connectivity index (χ1n) is 8.87. The van der Waals surface area contributed by atoms with Crippen LogP contribution in [0.4, 0.5) is 0 Å². The van der Waals surface area contributed by atoms with Crippen LogP contribution in [0.1, 0.15) is 16.2 Å². The molecule has 0 spiro atoms. The van der Waals surface area contributed by atoms with Gasteiger partial charge in [0.05, 0.1) is 16.0 Å². The molecule has 7 heteroatoms. The molecule has 6 nitrogen and oxygen atoms in total. The van der Waals surface area contributed by atoms with Crippen LogP contribution in [0.15, 0.2) is 65.6 Å². The topological polar surface area (TPSA) is 100 Å². The Kier molecular flexibility index (Phi) is 4.47. The Morgan fingerprint density at radius 2 is 1.59 bits per heavy atom. The van der Waals surface area contributed by atoms with E-state index >= 15 is 0 Å². The number of aromatic nitrogens is 2. The molecule has 146 valence electrons. The van der Waals surface area contributed by atoms with E-state index in [0.29, 0.717) is 16.9 Å². The lowest BCUT2D eigenvalue weighted by Crippen LogP contribution is -1.98. The first-order chi connectivity index (χ1) is 13.7. The molecule has 29 heavy (non-hydrogen) atoms. The number of carboxylic acids is 1. The van der Waals surface area contributed by atoms with Gasteiger partial charge in [-0.15, -0.1) is 0 Å². The Morgan fingerprint density at radius 1 is 0.931 bits per heavy atom. The molecule has 0 aliphatic heterocycles. The van der Waals surface area contributed by atoms with Crippen molar-refractivity contribution in [3.05, 3.63) is 72.1 Å². The number of fused-ring (bicyclic) bond motifs is 1. The van der Waals surface area contributed by atoms with Crippen LogP contribution in [0.3, 0.4) is 0 Å². The first kappa shape index (κ1) is 18.9. The second kappa shape index (κ2) is 6.86. The fourth-order valence-electron chi connectivity index (χ4n) is 3.33. The van der Waals surface area contributed by atoms with Crippen LogP contribution in [0.2, 0.25) is 0 Å². The number of hydrogen-bond acceptors (Lipinski definition) is 4. The van der Waals surface area contributed by atoms with Gasteiger partial charge in [-0.25, -0.2) is 18.2 Å². The van der Waals surface area contributed by atoms with E-state index in [0.717, 1.165) is 22.3 Å². The van der Waals surface area contributed by atoms with Crippen molar-refractivity contribution in [2.24, 2.45) is 0 Å². The number of aromatic carboxylic acids is 1. The minimum absolute atomic E-state index is 0.145. The Morgan fingerprint density at radius 3 is 2.21 bits per heavy atom. The molecule has 0 aliphatic rings. The zero-order valence-corrected chi connectivity index (χ0v) is 16.6. The number of H-pyrrole nitrogens is 1. The average molecular weight is 406 g/mol. The summed E-state index contributed by atoms with van der Waals surface area (Å²) in [6, 6.07) is 17.8. The van der Waals surface area contributed by atoms with E-state index in [-0.39, 0.29) is 10.5 Å². The van der Waals surface area contributed by atoms with Gasteiger partial charge < -0.3 is 10.1 Å². The van der Waals surface area contributed by atoms with Crippen LogP contribution in [-0.4, -0.2) is 35.7 Å². The Labute approximate surface area is 167 Å². The second-order valence-corrected chi connectivity index (χ2v) is 8.94. The summed E-state index contributed by atoms with van der Waals surface area (Å²) >= 11 is 0. The van der Waals surface area contributed by atoms with Crippen molar-refractivity contribution in [1.82, 2.24) is 9.97 Å². The van der Waals surface area contributed by atoms with Gasteiger partial charge in [-0.1, -0.05) is 36.4 Å². The lowest BCUT2D eigenvalue weighted by atomic mass is 9.98. The highest BCUT2D eigenvalue weighted by atomic mass is 32.2. The van der Waals surface area contributed by atoms with Gasteiger partial charge in [-0.05, 0) is 53.4 Å². The first-order valence-corrected chi connectivity index (χ1v) is 10.8. The van der Waals surface area contributed by atoms with E-state index in [2.05, 4.69) is 9.97 Å². The van der Waals surface area contributed by atoms with E-state index in [1.807, 2.05) is 36.4 Å². The Bertz CT molecular complexity index is 1350. The number of imidazole rings is 1. The quantitative estimate of drug-likeness (QED) is 0.526. The van der Waals surface area contributed by atoms with Crippen molar-refractivity contribution < 1.29 is 18.3 Å². The molecule has 1 aromatic heterocycles. The molecule has 0 saturated heterocycles. The summed E-state index contributed by atoms with van der Waals surface area (Å²) in [5.74, 6) is -0.377. The molecule has 0 atom stereocenters. The molecule has 0 bridgehead atoms. The van der Waals surface area contributed by atoms with Gasteiger partial charge in [0.2, 0.25) is 0 Å². The predicted molar refractivity (Wildman–Crippen MR) is 112 cm³/mol. The molecule has 0 aliphatic carbocycles. The second-order valence-electron chi connectivity index (χ2n) is 6.92. The average Bonchev–Trinajstić information content (AvgIpc) is 3.06. The number of carboxylic acid groups (broad SMARTS) is 1. The standard InChI is InChI=1S/C22H18N2O4S/c1-13-23-20-12-17(11-19(22(25)26)21(20)24-13)15-8-6-14(7-9-15)16-4-3-5-18(10-16)29(2,27)28/h3-12H,1-2H3,(H,23,24)(H,25,26). The molecule has 0 unspecified atom stereocenters. The SMILES string of the molecule is Cc1nc2c(C(=O)O)cc(-c3ccc(-c4cccc(S(C)(=O)=O)c4)cc3)cc2[nH]1. The lowest BCUT2D eigenvalue weighted by molar-refractivity contribution is 0.0699. The number of rotatable bonds is 4. The third-order valence-electron chi connectivity index (χ3n) is 4.75. The van der Waals surface area contributed by atoms with Crippen LogP contribution in [0, 0.1) is 6.92 Å². The maximum absolute atomic E-state index is 11.8. The zero-order valence-electron chi connectivity index (χ0n) is 15.8. The number of benzene rings is 3. The van der Waals surface area contributed by atoms with Gasteiger partial charge in [0.25, 0.3) is 0 Å². The van der Waals surface area contributed by atoms with Gasteiger partial charge in [0.1, 0.15) is 11.3 Å². The van der Waals surface area contributed by atoms with Crippen LogP contribution in [0.5, 0.6) is 0 Å². The third-order valence-corrected chi connectivity index (χ3v) is 5.86.